The fraction of sp³-hybridized carbons (Fsp3) is 0.750. The summed E-state index contributed by atoms with van der Waals surface area (Å²) in [6.07, 6.45) is 7.74. The highest BCUT2D eigenvalue weighted by Crippen LogP contribution is 2.30. The first kappa shape index (κ1) is 15.1. The Kier molecular flexibility index (Phi) is 5.21. The van der Waals surface area contributed by atoms with E-state index >= 15 is 0 Å². The number of amides is 2. The van der Waals surface area contributed by atoms with Gasteiger partial charge in [-0.15, -0.1) is 0 Å². The maximum absolute atomic E-state index is 12.6. The van der Waals surface area contributed by atoms with E-state index in [2.05, 4.69) is 12.2 Å². The summed E-state index contributed by atoms with van der Waals surface area (Å²) in [7, 11) is 0. The van der Waals surface area contributed by atoms with Gasteiger partial charge in [0.05, 0.1) is 11.8 Å². The van der Waals surface area contributed by atoms with E-state index in [4.69, 9.17) is 0 Å². The lowest BCUT2D eigenvalue weighted by Crippen LogP contribution is -2.45. The molecule has 1 aliphatic heterocycles. The van der Waals surface area contributed by atoms with Gasteiger partial charge in [0.15, 0.2) is 0 Å². The molecule has 20 heavy (non-hydrogen) atoms. The number of carbonyl (C=O) groups is 2. The van der Waals surface area contributed by atoms with Crippen LogP contribution in [-0.2, 0) is 9.59 Å². The van der Waals surface area contributed by atoms with Crippen LogP contribution in [0.2, 0.25) is 0 Å². The van der Waals surface area contributed by atoms with E-state index < -0.39 is 0 Å². The highest BCUT2D eigenvalue weighted by Gasteiger charge is 2.38. The minimum atomic E-state index is -0.159. The molecule has 2 atom stereocenters. The molecule has 2 rings (SSSR count). The van der Waals surface area contributed by atoms with E-state index in [1.54, 1.807) is 0 Å². The summed E-state index contributed by atoms with van der Waals surface area (Å²) in [5.41, 5.74) is 0. The lowest BCUT2D eigenvalue weighted by Gasteiger charge is -2.33. The maximum atomic E-state index is 12.6. The molecule has 1 saturated heterocycles. The zero-order chi connectivity index (χ0) is 14.5. The number of likely N-dealkylation sites (tertiary alicyclic amines) is 1. The van der Waals surface area contributed by atoms with Crippen LogP contribution in [0, 0.1) is 11.8 Å². The summed E-state index contributed by atoms with van der Waals surface area (Å²) >= 11 is 0. The molecule has 1 heterocycles. The predicted octanol–water partition coefficient (Wildman–Crippen LogP) is 2.06. The van der Waals surface area contributed by atoms with Crippen molar-refractivity contribution >= 4 is 11.8 Å². The van der Waals surface area contributed by atoms with E-state index in [0.717, 1.165) is 39.0 Å². The third-order valence-corrected chi connectivity index (χ3v) is 4.56. The first-order chi connectivity index (χ1) is 9.69. The van der Waals surface area contributed by atoms with Crippen molar-refractivity contribution in [1.82, 2.24) is 9.80 Å². The number of hydrogen-bond donors (Lipinski definition) is 0. The van der Waals surface area contributed by atoms with Gasteiger partial charge in [-0.3, -0.25) is 9.59 Å². The summed E-state index contributed by atoms with van der Waals surface area (Å²) in [4.78, 5) is 29.1. The molecule has 0 aromatic rings. The summed E-state index contributed by atoms with van der Waals surface area (Å²) in [5.74, 6) is 0.0356. The lowest BCUT2D eigenvalue weighted by molar-refractivity contribution is -0.145. The number of rotatable bonds is 4. The molecule has 0 aromatic carbocycles. The highest BCUT2D eigenvalue weighted by molar-refractivity contribution is 5.88. The third kappa shape index (κ3) is 3.05. The van der Waals surface area contributed by atoms with Crippen LogP contribution in [0.4, 0.5) is 0 Å². The Morgan fingerprint density at radius 2 is 1.60 bits per heavy atom. The summed E-state index contributed by atoms with van der Waals surface area (Å²) in [6, 6.07) is 0. The van der Waals surface area contributed by atoms with Crippen molar-refractivity contribution in [1.29, 1.82) is 0 Å². The average molecular weight is 278 g/mol. The molecule has 4 heteroatoms. The molecule has 0 aromatic heterocycles. The molecule has 2 amide bonds. The Balaban J connectivity index is 2.10. The minimum absolute atomic E-state index is 0.147. The molecule has 2 unspecified atom stereocenters. The summed E-state index contributed by atoms with van der Waals surface area (Å²) in [5, 5.41) is 0. The molecule has 0 spiro atoms. The van der Waals surface area contributed by atoms with Gasteiger partial charge in [0, 0.05) is 26.2 Å². The third-order valence-electron chi connectivity index (χ3n) is 4.56. The van der Waals surface area contributed by atoms with Gasteiger partial charge in [-0.2, -0.15) is 0 Å². The Morgan fingerprint density at radius 1 is 1.05 bits per heavy atom. The van der Waals surface area contributed by atoms with Crippen molar-refractivity contribution in [3.05, 3.63) is 12.2 Å². The molecule has 0 N–H and O–H groups in total. The largest absolute Gasteiger partial charge is 0.343 e. The Hall–Kier alpha value is -1.32. The topological polar surface area (TPSA) is 40.6 Å². The van der Waals surface area contributed by atoms with Crippen LogP contribution in [-0.4, -0.2) is 47.8 Å². The van der Waals surface area contributed by atoms with Crippen molar-refractivity contribution in [3.8, 4) is 0 Å². The van der Waals surface area contributed by atoms with Crippen LogP contribution >= 0.6 is 0 Å². The molecule has 0 saturated carbocycles. The zero-order valence-corrected chi connectivity index (χ0v) is 12.7. The fourth-order valence-corrected chi connectivity index (χ4v) is 3.30. The second kappa shape index (κ2) is 6.91. The first-order valence-electron chi connectivity index (χ1n) is 7.91. The SMILES string of the molecule is CCN(CC)C(=O)C1CC=CCC1C(=O)N1CCCC1. The van der Waals surface area contributed by atoms with Crippen molar-refractivity contribution in [3.63, 3.8) is 0 Å². The molecular weight excluding hydrogens is 252 g/mol. The second-order valence-electron chi connectivity index (χ2n) is 5.70. The maximum Gasteiger partial charge on any atom is 0.226 e. The van der Waals surface area contributed by atoms with Crippen LogP contribution in [0.25, 0.3) is 0 Å². The molecule has 2 aliphatic rings. The second-order valence-corrected chi connectivity index (χ2v) is 5.70. The number of nitrogens with zero attached hydrogens (tertiary/aromatic N) is 2. The summed E-state index contributed by atoms with van der Waals surface area (Å²) in [6.45, 7) is 7.17. The normalized spacial score (nSPS) is 25.8. The molecule has 0 radical (unpaired) electrons. The monoisotopic (exact) mass is 278 g/mol. The van der Waals surface area contributed by atoms with Gasteiger partial charge >= 0.3 is 0 Å². The van der Waals surface area contributed by atoms with Gasteiger partial charge in [0.1, 0.15) is 0 Å². The molecule has 1 fully saturated rings. The molecule has 1 aliphatic carbocycles. The van der Waals surface area contributed by atoms with E-state index in [1.807, 2.05) is 23.6 Å². The van der Waals surface area contributed by atoms with E-state index in [1.165, 1.54) is 0 Å². The van der Waals surface area contributed by atoms with Gasteiger partial charge in [-0.05, 0) is 39.5 Å². The predicted molar refractivity (Wildman–Crippen MR) is 79.1 cm³/mol. The van der Waals surface area contributed by atoms with Crippen LogP contribution in [0.15, 0.2) is 12.2 Å². The summed E-state index contributed by atoms with van der Waals surface area (Å²) < 4.78 is 0. The molecule has 4 nitrogen and oxygen atoms in total. The van der Waals surface area contributed by atoms with E-state index in [-0.39, 0.29) is 23.7 Å². The standard InChI is InChI=1S/C16H26N2O2/c1-3-17(4-2)15(19)13-9-5-6-10-14(13)16(20)18-11-7-8-12-18/h5-6,13-14H,3-4,7-12H2,1-2H3. The number of hydrogen-bond acceptors (Lipinski definition) is 2. The smallest absolute Gasteiger partial charge is 0.226 e. The van der Waals surface area contributed by atoms with Crippen LogP contribution < -0.4 is 0 Å². The number of allylic oxidation sites excluding steroid dienone is 2. The van der Waals surface area contributed by atoms with Gasteiger partial charge in [-0.1, -0.05) is 12.2 Å². The van der Waals surface area contributed by atoms with Crippen molar-refractivity contribution in [2.24, 2.45) is 11.8 Å². The number of carbonyl (C=O) groups excluding carboxylic acids is 2. The highest BCUT2D eigenvalue weighted by atomic mass is 16.2. The van der Waals surface area contributed by atoms with Crippen molar-refractivity contribution < 1.29 is 9.59 Å². The molecule has 112 valence electrons. The Bertz CT molecular complexity index is 358. The van der Waals surface area contributed by atoms with E-state index in [0.29, 0.717) is 12.8 Å². The van der Waals surface area contributed by atoms with Crippen molar-refractivity contribution in [2.75, 3.05) is 26.2 Å². The zero-order valence-electron chi connectivity index (χ0n) is 12.7. The average Bonchev–Trinajstić information content (AvgIpc) is 3.02. The fourth-order valence-electron chi connectivity index (χ4n) is 3.30. The van der Waals surface area contributed by atoms with E-state index in [9.17, 15) is 9.59 Å². The van der Waals surface area contributed by atoms with Crippen LogP contribution in [0.1, 0.15) is 39.5 Å². The van der Waals surface area contributed by atoms with Gasteiger partial charge in [-0.25, -0.2) is 0 Å². The first-order valence-corrected chi connectivity index (χ1v) is 7.91. The molecule has 0 bridgehead atoms. The van der Waals surface area contributed by atoms with Crippen molar-refractivity contribution in [2.45, 2.75) is 39.5 Å². The van der Waals surface area contributed by atoms with Gasteiger partial charge in [0.25, 0.3) is 0 Å². The van der Waals surface area contributed by atoms with Crippen LogP contribution in [0.5, 0.6) is 0 Å². The Morgan fingerprint density at radius 3 is 2.15 bits per heavy atom. The van der Waals surface area contributed by atoms with Gasteiger partial charge < -0.3 is 9.80 Å². The molecular formula is C16H26N2O2. The quantitative estimate of drug-likeness (QED) is 0.739. The Labute approximate surface area is 121 Å². The van der Waals surface area contributed by atoms with Crippen LogP contribution in [0.3, 0.4) is 0 Å². The lowest BCUT2D eigenvalue weighted by atomic mass is 9.81. The van der Waals surface area contributed by atoms with Gasteiger partial charge in [0.2, 0.25) is 11.8 Å². The minimum Gasteiger partial charge on any atom is -0.343 e.